The Labute approximate surface area is 108 Å². The predicted octanol–water partition coefficient (Wildman–Crippen LogP) is 3.40. The van der Waals surface area contributed by atoms with E-state index in [4.69, 9.17) is 11.6 Å². The van der Waals surface area contributed by atoms with Gasteiger partial charge < -0.3 is 5.11 Å². The van der Waals surface area contributed by atoms with Crippen LogP contribution in [0.3, 0.4) is 0 Å². The summed E-state index contributed by atoms with van der Waals surface area (Å²) in [5.74, 6) is -1.99. The molecule has 1 atom stereocenters. The van der Waals surface area contributed by atoms with Crippen LogP contribution in [0.4, 0.5) is 8.78 Å². The molecule has 0 saturated carbocycles. The van der Waals surface area contributed by atoms with Gasteiger partial charge in [0.25, 0.3) is 0 Å². The number of aliphatic hydroxyl groups excluding tert-OH is 1. The van der Waals surface area contributed by atoms with E-state index in [0.29, 0.717) is 5.56 Å². The molecule has 0 bridgehead atoms. The first-order chi connectivity index (χ1) is 8.50. The SMILES string of the molecule is Cc1ccc(C(O)c2ccc(Cl)nc2)c(F)c1F. The smallest absolute Gasteiger partial charge is 0.165 e. The minimum absolute atomic E-state index is 0.123. The lowest BCUT2D eigenvalue weighted by Gasteiger charge is -2.13. The molecule has 0 aliphatic rings. The fourth-order valence-electron chi connectivity index (χ4n) is 1.60. The zero-order valence-corrected chi connectivity index (χ0v) is 10.2. The zero-order valence-electron chi connectivity index (χ0n) is 9.49. The Hall–Kier alpha value is -1.52. The lowest BCUT2D eigenvalue weighted by Crippen LogP contribution is -2.05. The molecule has 2 aromatic rings. The van der Waals surface area contributed by atoms with Crippen molar-refractivity contribution in [3.05, 3.63) is 63.9 Å². The molecule has 1 heterocycles. The summed E-state index contributed by atoms with van der Waals surface area (Å²) >= 11 is 5.61. The molecule has 0 spiro atoms. The third-order valence-electron chi connectivity index (χ3n) is 2.67. The maximum absolute atomic E-state index is 13.7. The van der Waals surface area contributed by atoms with Crippen LogP contribution in [0.15, 0.2) is 30.5 Å². The molecule has 1 aromatic heterocycles. The van der Waals surface area contributed by atoms with Crippen LogP contribution in [0.2, 0.25) is 5.15 Å². The van der Waals surface area contributed by atoms with Gasteiger partial charge in [-0.15, -0.1) is 0 Å². The summed E-state index contributed by atoms with van der Waals surface area (Å²) in [6.07, 6.45) is 0.0503. The summed E-state index contributed by atoms with van der Waals surface area (Å²) in [5, 5.41) is 10.3. The van der Waals surface area contributed by atoms with Gasteiger partial charge in [0.05, 0.1) is 0 Å². The highest BCUT2D eigenvalue weighted by Gasteiger charge is 2.19. The summed E-state index contributed by atoms with van der Waals surface area (Å²) in [6, 6.07) is 5.76. The zero-order chi connectivity index (χ0) is 13.3. The van der Waals surface area contributed by atoms with Gasteiger partial charge in [-0.2, -0.15) is 0 Å². The highest BCUT2D eigenvalue weighted by molar-refractivity contribution is 6.29. The summed E-state index contributed by atoms with van der Waals surface area (Å²) < 4.78 is 27.1. The van der Waals surface area contributed by atoms with Crippen molar-refractivity contribution < 1.29 is 13.9 Å². The van der Waals surface area contributed by atoms with E-state index in [-0.39, 0.29) is 16.3 Å². The Bertz CT molecular complexity index is 572. The maximum Gasteiger partial charge on any atom is 0.165 e. The molecule has 1 unspecified atom stereocenters. The van der Waals surface area contributed by atoms with Gasteiger partial charge in [0.15, 0.2) is 11.6 Å². The number of aliphatic hydroxyl groups is 1. The van der Waals surface area contributed by atoms with Crippen molar-refractivity contribution in [3.8, 4) is 0 Å². The fraction of sp³-hybridized carbons (Fsp3) is 0.154. The molecule has 0 aliphatic carbocycles. The molecule has 5 heteroatoms. The molecule has 2 rings (SSSR count). The minimum Gasteiger partial charge on any atom is -0.383 e. The second-order valence-corrected chi connectivity index (χ2v) is 4.30. The molecule has 1 N–H and O–H groups in total. The minimum atomic E-state index is -1.27. The number of benzene rings is 1. The van der Waals surface area contributed by atoms with E-state index in [1.165, 1.54) is 37.4 Å². The Kier molecular flexibility index (Phi) is 3.59. The quantitative estimate of drug-likeness (QED) is 0.848. The number of aromatic nitrogens is 1. The van der Waals surface area contributed by atoms with Gasteiger partial charge in [0, 0.05) is 17.3 Å². The Morgan fingerprint density at radius 3 is 2.50 bits per heavy atom. The van der Waals surface area contributed by atoms with E-state index in [1.807, 2.05) is 0 Å². The van der Waals surface area contributed by atoms with Crippen LogP contribution in [-0.4, -0.2) is 10.1 Å². The molecule has 0 radical (unpaired) electrons. The monoisotopic (exact) mass is 269 g/mol. The third-order valence-corrected chi connectivity index (χ3v) is 2.89. The van der Waals surface area contributed by atoms with Crippen LogP contribution in [0, 0.1) is 18.6 Å². The van der Waals surface area contributed by atoms with Gasteiger partial charge >= 0.3 is 0 Å². The summed E-state index contributed by atoms with van der Waals surface area (Å²) in [6.45, 7) is 1.46. The van der Waals surface area contributed by atoms with Gasteiger partial charge in [0.2, 0.25) is 0 Å². The van der Waals surface area contributed by atoms with E-state index < -0.39 is 17.7 Å². The van der Waals surface area contributed by atoms with Crippen LogP contribution in [-0.2, 0) is 0 Å². The lowest BCUT2D eigenvalue weighted by atomic mass is 10.0. The van der Waals surface area contributed by atoms with Gasteiger partial charge in [0.1, 0.15) is 11.3 Å². The maximum atomic E-state index is 13.7. The molecular weight excluding hydrogens is 260 g/mol. The fourth-order valence-corrected chi connectivity index (χ4v) is 1.71. The Balaban J connectivity index is 2.43. The first-order valence-corrected chi connectivity index (χ1v) is 5.62. The number of nitrogens with zero attached hydrogens (tertiary/aromatic N) is 1. The number of rotatable bonds is 2. The molecule has 1 aromatic carbocycles. The first-order valence-electron chi connectivity index (χ1n) is 5.24. The predicted molar refractivity (Wildman–Crippen MR) is 64.4 cm³/mol. The van der Waals surface area contributed by atoms with Crippen molar-refractivity contribution in [1.29, 1.82) is 0 Å². The number of hydrogen-bond donors (Lipinski definition) is 1. The average Bonchev–Trinajstić information content (AvgIpc) is 2.36. The summed E-state index contributed by atoms with van der Waals surface area (Å²) in [4.78, 5) is 3.78. The number of aryl methyl sites for hydroxylation is 1. The normalized spacial score (nSPS) is 12.5. The van der Waals surface area contributed by atoms with Crippen molar-refractivity contribution in [2.75, 3.05) is 0 Å². The topological polar surface area (TPSA) is 33.1 Å². The van der Waals surface area contributed by atoms with Crippen molar-refractivity contribution in [2.45, 2.75) is 13.0 Å². The van der Waals surface area contributed by atoms with Crippen LogP contribution >= 0.6 is 11.6 Å². The second-order valence-electron chi connectivity index (χ2n) is 3.92. The highest BCUT2D eigenvalue weighted by Crippen LogP contribution is 2.26. The van der Waals surface area contributed by atoms with Gasteiger partial charge in [-0.3, -0.25) is 0 Å². The van der Waals surface area contributed by atoms with Crippen molar-refractivity contribution in [3.63, 3.8) is 0 Å². The van der Waals surface area contributed by atoms with Crippen molar-refractivity contribution in [2.24, 2.45) is 0 Å². The largest absolute Gasteiger partial charge is 0.383 e. The standard InChI is InChI=1S/C13H10ClF2NO/c1-7-2-4-9(12(16)11(7)15)13(18)8-3-5-10(14)17-6-8/h2-6,13,18H,1H3. The first kappa shape index (κ1) is 12.9. The highest BCUT2D eigenvalue weighted by atomic mass is 35.5. The lowest BCUT2D eigenvalue weighted by molar-refractivity contribution is 0.213. The molecule has 0 amide bonds. The van der Waals surface area contributed by atoms with E-state index in [1.54, 1.807) is 0 Å². The average molecular weight is 270 g/mol. The summed E-state index contributed by atoms with van der Waals surface area (Å²) in [7, 11) is 0. The number of halogens is 3. The number of hydrogen-bond acceptors (Lipinski definition) is 2. The molecule has 94 valence electrons. The van der Waals surface area contributed by atoms with Gasteiger partial charge in [-0.1, -0.05) is 29.8 Å². The molecule has 18 heavy (non-hydrogen) atoms. The van der Waals surface area contributed by atoms with Gasteiger partial charge in [-0.25, -0.2) is 13.8 Å². The molecule has 0 aliphatic heterocycles. The van der Waals surface area contributed by atoms with Crippen LogP contribution in [0.5, 0.6) is 0 Å². The van der Waals surface area contributed by atoms with Crippen molar-refractivity contribution in [1.82, 2.24) is 4.98 Å². The molecule has 0 saturated heterocycles. The number of pyridine rings is 1. The van der Waals surface area contributed by atoms with E-state index >= 15 is 0 Å². The van der Waals surface area contributed by atoms with Crippen molar-refractivity contribution >= 4 is 11.6 Å². The molecule has 0 fully saturated rings. The van der Waals surface area contributed by atoms with E-state index in [2.05, 4.69) is 4.98 Å². The van der Waals surface area contributed by atoms with E-state index in [0.717, 1.165) is 0 Å². The molecule has 2 nitrogen and oxygen atoms in total. The van der Waals surface area contributed by atoms with Crippen LogP contribution in [0.25, 0.3) is 0 Å². The van der Waals surface area contributed by atoms with Crippen LogP contribution < -0.4 is 0 Å². The third kappa shape index (κ3) is 2.35. The van der Waals surface area contributed by atoms with Gasteiger partial charge in [-0.05, 0) is 18.6 Å². The summed E-state index contributed by atoms with van der Waals surface area (Å²) in [5.41, 5.74) is 0.418. The Morgan fingerprint density at radius 1 is 1.17 bits per heavy atom. The van der Waals surface area contributed by atoms with E-state index in [9.17, 15) is 13.9 Å². The second kappa shape index (κ2) is 5.00. The molecular formula is C13H10ClF2NO. The Morgan fingerprint density at radius 2 is 1.89 bits per heavy atom. The van der Waals surface area contributed by atoms with Crippen LogP contribution in [0.1, 0.15) is 22.8 Å².